The highest BCUT2D eigenvalue weighted by atomic mass is 35.5. The Morgan fingerprint density at radius 2 is 1.96 bits per heavy atom. The molecule has 2 amide bonds. The van der Waals surface area contributed by atoms with Crippen LogP contribution in [0.1, 0.15) is 33.6 Å². The molecule has 1 rings (SSSR count). The van der Waals surface area contributed by atoms with Gasteiger partial charge in [0.15, 0.2) is 4.84 Å². The molecule has 1 aliphatic rings. The second kappa shape index (κ2) is 9.33. The lowest BCUT2D eigenvalue weighted by Crippen LogP contribution is -2.54. The maximum atomic E-state index is 12.7. The van der Waals surface area contributed by atoms with E-state index in [0.29, 0.717) is 26.1 Å². The molecular formula is C15H24Cl2N2O4. The minimum absolute atomic E-state index is 0.124. The number of amides is 2. The van der Waals surface area contributed by atoms with Crippen molar-refractivity contribution in [1.82, 2.24) is 10.2 Å². The zero-order chi connectivity index (χ0) is 17.6. The van der Waals surface area contributed by atoms with Crippen molar-refractivity contribution in [2.45, 2.75) is 44.5 Å². The summed E-state index contributed by atoms with van der Waals surface area (Å²) in [5.41, 5.74) is 0. The smallest absolute Gasteiger partial charge is 0.310 e. The first-order chi connectivity index (χ1) is 10.8. The Labute approximate surface area is 146 Å². The Morgan fingerprint density at radius 1 is 1.30 bits per heavy atom. The second-order valence-corrected chi connectivity index (χ2v) is 7.00. The molecule has 23 heavy (non-hydrogen) atoms. The van der Waals surface area contributed by atoms with Crippen LogP contribution in [0.25, 0.3) is 0 Å². The molecule has 6 nitrogen and oxygen atoms in total. The first-order valence-corrected chi connectivity index (χ1v) is 8.69. The van der Waals surface area contributed by atoms with Gasteiger partial charge in [0.2, 0.25) is 5.91 Å². The molecular weight excluding hydrogens is 343 g/mol. The molecule has 0 aromatic carbocycles. The standard InChI is InChI=1S/C15H24Cl2N2O4/c1-4-23-15(22)10-6-5-7-19(8-10)14(21)11(9(2)3)18-13(20)12(16)17/h9-12H,4-8H2,1-3H3,(H,18,20). The highest BCUT2D eigenvalue weighted by Crippen LogP contribution is 2.20. The Bertz CT molecular complexity index is 443. The van der Waals surface area contributed by atoms with Crippen LogP contribution in [0.3, 0.4) is 0 Å². The van der Waals surface area contributed by atoms with E-state index >= 15 is 0 Å². The van der Waals surface area contributed by atoms with Crippen LogP contribution in [-0.4, -0.2) is 53.3 Å². The summed E-state index contributed by atoms with van der Waals surface area (Å²) in [6.07, 6.45) is 1.42. The van der Waals surface area contributed by atoms with Gasteiger partial charge in [-0.2, -0.15) is 0 Å². The highest BCUT2D eigenvalue weighted by molar-refractivity contribution is 6.53. The van der Waals surface area contributed by atoms with E-state index in [9.17, 15) is 14.4 Å². The van der Waals surface area contributed by atoms with Gasteiger partial charge in [0.05, 0.1) is 12.5 Å². The van der Waals surface area contributed by atoms with Crippen LogP contribution < -0.4 is 5.32 Å². The normalized spacial score (nSPS) is 19.6. The fourth-order valence-electron chi connectivity index (χ4n) is 2.56. The van der Waals surface area contributed by atoms with E-state index in [0.717, 1.165) is 6.42 Å². The van der Waals surface area contributed by atoms with Crippen LogP contribution in [0.2, 0.25) is 0 Å². The Hall–Kier alpha value is -1.01. The molecule has 8 heteroatoms. The van der Waals surface area contributed by atoms with E-state index in [1.807, 2.05) is 13.8 Å². The lowest BCUT2D eigenvalue weighted by molar-refractivity contribution is -0.152. The molecule has 0 bridgehead atoms. The Kier molecular flexibility index (Phi) is 8.12. The Morgan fingerprint density at radius 3 is 2.48 bits per heavy atom. The van der Waals surface area contributed by atoms with Crippen LogP contribution in [0.4, 0.5) is 0 Å². The van der Waals surface area contributed by atoms with Crippen molar-refractivity contribution in [3.05, 3.63) is 0 Å². The maximum Gasteiger partial charge on any atom is 0.310 e. The number of hydrogen-bond donors (Lipinski definition) is 1. The van der Waals surface area contributed by atoms with Crippen LogP contribution in [0, 0.1) is 11.8 Å². The second-order valence-electron chi connectivity index (χ2n) is 5.91. The number of esters is 1. The van der Waals surface area contributed by atoms with Crippen LogP contribution in [0.15, 0.2) is 0 Å². The zero-order valence-electron chi connectivity index (χ0n) is 13.7. The van der Waals surface area contributed by atoms with Gasteiger partial charge < -0.3 is 15.0 Å². The van der Waals surface area contributed by atoms with Crippen LogP contribution >= 0.6 is 23.2 Å². The first-order valence-electron chi connectivity index (χ1n) is 7.81. The van der Waals surface area contributed by atoms with E-state index in [1.165, 1.54) is 0 Å². The largest absolute Gasteiger partial charge is 0.466 e. The average Bonchev–Trinajstić information content (AvgIpc) is 2.51. The van der Waals surface area contributed by atoms with Gasteiger partial charge >= 0.3 is 5.97 Å². The number of piperidine rings is 1. The fraction of sp³-hybridized carbons (Fsp3) is 0.800. The number of rotatable bonds is 6. The minimum atomic E-state index is -1.22. The topological polar surface area (TPSA) is 75.7 Å². The van der Waals surface area contributed by atoms with E-state index in [1.54, 1.807) is 11.8 Å². The molecule has 2 unspecified atom stereocenters. The third-order valence-corrected chi connectivity index (χ3v) is 4.18. The maximum absolute atomic E-state index is 12.7. The van der Waals surface area contributed by atoms with Gasteiger partial charge in [-0.1, -0.05) is 37.0 Å². The third-order valence-electron chi connectivity index (χ3n) is 3.78. The van der Waals surface area contributed by atoms with Gasteiger partial charge in [-0.05, 0) is 25.7 Å². The molecule has 0 saturated carbocycles. The van der Waals surface area contributed by atoms with Gasteiger partial charge in [0.1, 0.15) is 6.04 Å². The molecule has 1 saturated heterocycles. The average molecular weight is 367 g/mol. The van der Waals surface area contributed by atoms with Gasteiger partial charge in [0, 0.05) is 13.1 Å². The molecule has 1 heterocycles. The molecule has 1 fully saturated rings. The third kappa shape index (κ3) is 5.84. The minimum Gasteiger partial charge on any atom is -0.466 e. The van der Waals surface area contributed by atoms with Crippen molar-refractivity contribution in [1.29, 1.82) is 0 Å². The number of carbonyl (C=O) groups excluding carboxylic acids is 3. The fourth-order valence-corrected chi connectivity index (χ4v) is 2.68. The number of hydrogen-bond acceptors (Lipinski definition) is 4. The summed E-state index contributed by atoms with van der Waals surface area (Å²) in [5, 5.41) is 2.57. The number of nitrogens with one attached hydrogen (secondary N) is 1. The van der Waals surface area contributed by atoms with Crippen molar-refractivity contribution in [3.63, 3.8) is 0 Å². The monoisotopic (exact) mass is 366 g/mol. The van der Waals surface area contributed by atoms with E-state index in [-0.39, 0.29) is 23.7 Å². The van der Waals surface area contributed by atoms with Gasteiger partial charge in [-0.25, -0.2) is 0 Å². The van der Waals surface area contributed by atoms with Gasteiger partial charge in [-0.3, -0.25) is 14.4 Å². The summed E-state index contributed by atoms with van der Waals surface area (Å²) >= 11 is 11.1. The number of nitrogens with zero attached hydrogens (tertiary/aromatic N) is 1. The van der Waals surface area contributed by atoms with Crippen molar-refractivity contribution in [3.8, 4) is 0 Å². The lowest BCUT2D eigenvalue weighted by atomic mass is 9.95. The number of carbonyl (C=O) groups is 3. The van der Waals surface area contributed by atoms with Crippen molar-refractivity contribution >= 4 is 41.0 Å². The number of likely N-dealkylation sites (tertiary alicyclic amines) is 1. The van der Waals surface area contributed by atoms with E-state index in [4.69, 9.17) is 27.9 Å². The van der Waals surface area contributed by atoms with Gasteiger partial charge in [-0.15, -0.1) is 0 Å². The predicted octanol–water partition coefficient (Wildman–Crippen LogP) is 1.73. The number of alkyl halides is 2. The molecule has 132 valence electrons. The number of halogens is 2. The van der Waals surface area contributed by atoms with Crippen LogP contribution in [0.5, 0.6) is 0 Å². The zero-order valence-corrected chi connectivity index (χ0v) is 15.2. The Balaban J connectivity index is 2.75. The molecule has 2 atom stereocenters. The SMILES string of the molecule is CCOC(=O)C1CCCN(C(=O)C(NC(=O)C(Cl)Cl)C(C)C)C1. The molecule has 0 aromatic heterocycles. The predicted molar refractivity (Wildman–Crippen MR) is 88.2 cm³/mol. The van der Waals surface area contributed by atoms with Crippen molar-refractivity contribution in [2.75, 3.05) is 19.7 Å². The summed E-state index contributed by atoms with van der Waals surface area (Å²) in [5.74, 6) is -1.54. The molecule has 0 spiro atoms. The van der Waals surface area contributed by atoms with Crippen molar-refractivity contribution in [2.24, 2.45) is 11.8 Å². The first kappa shape index (κ1) is 20.0. The van der Waals surface area contributed by atoms with Crippen LogP contribution in [-0.2, 0) is 19.1 Å². The highest BCUT2D eigenvalue weighted by Gasteiger charge is 2.34. The number of ether oxygens (including phenoxy) is 1. The molecule has 0 radical (unpaired) electrons. The quantitative estimate of drug-likeness (QED) is 0.573. The molecule has 1 aliphatic heterocycles. The van der Waals surface area contributed by atoms with Gasteiger partial charge in [0.25, 0.3) is 5.91 Å². The van der Waals surface area contributed by atoms with E-state index < -0.39 is 16.8 Å². The molecule has 0 aliphatic carbocycles. The summed E-state index contributed by atoms with van der Waals surface area (Å²) in [6.45, 7) is 6.59. The van der Waals surface area contributed by atoms with E-state index in [2.05, 4.69) is 5.32 Å². The summed E-state index contributed by atoms with van der Waals surface area (Å²) < 4.78 is 5.03. The lowest BCUT2D eigenvalue weighted by Gasteiger charge is -2.35. The molecule has 0 aromatic rings. The summed E-state index contributed by atoms with van der Waals surface area (Å²) in [6, 6.07) is -0.719. The molecule has 1 N–H and O–H groups in total. The van der Waals surface area contributed by atoms with Crippen molar-refractivity contribution < 1.29 is 19.1 Å². The summed E-state index contributed by atoms with van der Waals surface area (Å²) in [7, 11) is 0. The summed E-state index contributed by atoms with van der Waals surface area (Å²) in [4.78, 5) is 36.6.